The van der Waals surface area contributed by atoms with Crippen LogP contribution in [0.4, 0.5) is 0 Å². The summed E-state index contributed by atoms with van der Waals surface area (Å²) in [6.07, 6.45) is -0.528. The number of hydrogen-bond acceptors (Lipinski definition) is 14. The smallest absolute Gasteiger partial charge is 0.280 e. The molecule has 0 saturated carbocycles. The monoisotopic (exact) mass is 484 g/mol. The molecule has 4 saturated heterocycles. The predicted octanol–water partition coefficient (Wildman–Crippen LogP) is 2.21. The summed E-state index contributed by atoms with van der Waals surface area (Å²) >= 11 is 0. The van der Waals surface area contributed by atoms with Crippen molar-refractivity contribution in [3.05, 3.63) is 0 Å². The molecule has 0 atom stereocenters. The summed E-state index contributed by atoms with van der Waals surface area (Å²) in [5.74, 6) is 0. The van der Waals surface area contributed by atoms with Crippen LogP contribution < -0.4 is 0 Å². The van der Waals surface area contributed by atoms with Crippen molar-refractivity contribution in [2.24, 2.45) is 0 Å². The van der Waals surface area contributed by atoms with Crippen LogP contribution in [0, 0.1) is 0 Å². The molecule has 28 heavy (non-hydrogen) atoms. The molecule has 0 radical (unpaired) electrons. The molecule has 0 aromatic carbocycles. The highest BCUT2D eigenvalue weighted by atomic mass is 31.2. The highest BCUT2D eigenvalue weighted by Crippen LogP contribution is 2.61. The van der Waals surface area contributed by atoms with Crippen LogP contribution in [-0.4, -0.2) is 75.2 Å². The van der Waals surface area contributed by atoms with Crippen molar-refractivity contribution in [1.82, 2.24) is 9.80 Å². The summed E-state index contributed by atoms with van der Waals surface area (Å²) in [5, 5.41) is 0. The lowest BCUT2D eigenvalue weighted by Crippen LogP contribution is -2.40. The lowest BCUT2D eigenvalue weighted by atomic mass is 10.5. The maximum Gasteiger partial charge on any atom is 0.348 e. The van der Waals surface area contributed by atoms with E-state index in [1.54, 1.807) is 0 Å². The Balaban J connectivity index is 1.39. The fourth-order valence-electron chi connectivity index (χ4n) is 2.64. The number of rotatable bonds is 11. The highest BCUT2D eigenvalue weighted by molar-refractivity contribution is 7.56. The quantitative estimate of drug-likeness (QED) is 0.395. The van der Waals surface area contributed by atoms with E-state index in [1.807, 2.05) is 0 Å². The molecule has 0 bridgehead atoms. The van der Waals surface area contributed by atoms with E-state index in [0.717, 1.165) is 0 Å². The fraction of sp³-hybridized carbons (Fsp3) is 1.00. The van der Waals surface area contributed by atoms with E-state index in [0.29, 0.717) is 0 Å². The zero-order chi connectivity index (χ0) is 19.9. The topological polar surface area (TPSA) is 149 Å². The Morgan fingerprint density at radius 2 is 0.679 bits per heavy atom. The first-order valence-electron chi connectivity index (χ1n) is 8.16. The van der Waals surface area contributed by atoms with E-state index in [1.165, 1.54) is 9.80 Å². The molecule has 4 aliphatic rings. The van der Waals surface area contributed by atoms with Crippen molar-refractivity contribution in [1.29, 1.82) is 0 Å². The minimum absolute atomic E-state index is 0.0718. The summed E-state index contributed by atoms with van der Waals surface area (Å²) in [4.78, 5) is 3.06. The second-order valence-corrected chi connectivity index (χ2v) is 14.4. The van der Waals surface area contributed by atoms with E-state index in [4.69, 9.17) is 36.2 Å². The van der Waals surface area contributed by atoms with Gasteiger partial charge >= 0.3 is 30.4 Å². The van der Waals surface area contributed by atoms with Gasteiger partial charge in [-0.05, 0) is 0 Å². The van der Waals surface area contributed by atoms with Gasteiger partial charge in [-0.2, -0.15) is 0 Å². The van der Waals surface area contributed by atoms with E-state index < -0.39 is 30.4 Å². The minimum atomic E-state index is -3.29. The van der Waals surface area contributed by atoms with Gasteiger partial charge in [0.25, 0.3) is 0 Å². The molecule has 0 aliphatic carbocycles. The molecule has 0 aromatic heterocycles. The molecule has 0 N–H and O–H groups in total. The van der Waals surface area contributed by atoms with Crippen molar-refractivity contribution in [3.8, 4) is 0 Å². The van der Waals surface area contributed by atoms with Crippen LogP contribution in [0.1, 0.15) is 0 Å². The maximum atomic E-state index is 12.2. The van der Waals surface area contributed by atoms with E-state index >= 15 is 0 Å². The summed E-state index contributed by atoms with van der Waals surface area (Å²) in [5.41, 5.74) is 0. The van der Waals surface area contributed by atoms with E-state index in [-0.39, 0.29) is 65.4 Å². The SMILES string of the molecule is O=P1(CN(CCN(CP2(=O)OCO2)CP2(=O)OCO2)CP2(=O)OCO2)OCO1. The van der Waals surface area contributed by atoms with Gasteiger partial charge in [0.15, 0.2) is 27.2 Å². The third-order valence-electron chi connectivity index (χ3n) is 4.22. The molecular formula is C10H20N2O12P4. The summed E-state index contributed by atoms with van der Waals surface area (Å²) in [6.45, 7) is 0.0608. The molecule has 14 nitrogen and oxygen atoms in total. The Bertz CT molecular complexity index is 636. The van der Waals surface area contributed by atoms with Crippen LogP contribution in [0.3, 0.4) is 0 Å². The second kappa shape index (κ2) is 8.22. The van der Waals surface area contributed by atoms with Crippen molar-refractivity contribution < 1.29 is 54.5 Å². The van der Waals surface area contributed by atoms with Gasteiger partial charge in [-0.15, -0.1) is 0 Å². The second-order valence-electron chi connectivity index (χ2n) is 6.30. The van der Waals surface area contributed by atoms with Gasteiger partial charge in [-0.3, -0.25) is 64.2 Å². The predicted molar refractivity (Wildman–Crippen MR) is 91.5 cm³/mol. The Morgan fingerprint density at radius 1 is 0.464 bits per heavy atom. The first-order valence-corrected chi connectivity index (χ1v) is 15.1. The molecule has 4 fully saturated rings. The molecule has 4 heterocycles. The summed E-state index contributed by atoms with van der Waals surface area (Å²) in [7, 11) is -13.1. The van der Waals surface area contributed by atoms with E-state index in [9.17, 15) is 18.3 Å². The first kappa shape index (κ1) is 21.7. The van der Waals surface area contributed by atoms with Crippen LogP contribution in [0.5, 0.6) is 0 Å². The zero-order valence-electron chi connectivity index (χ0n) is 14.7. The normalized spacial score (nSPS) is 28.8. The lowest BCUT2D eigenvalue weighted by Gasteiger charge is -2.38. The van der Waals surface area contributed by atoms with Crippen LogP contribution in [-0.2, 0) is 54.5 Å². The van der Waals surface area contributed by atoms with Gasteiger partial charge in [0.2, 0.25) is 0 Å². The summed E-state index contributed by atoms with van der Waals surface area (Å²) < 4.78 is 88.8. The number of hydrogen-bond donors (Lipinski definition) is 0. The molecular weight excluding hydrogens is 464 g/mol. The molecule has 0 unspecified atom stereocenters. The van der Waals surface area contributed by atoms with Crippen LogP contribution in [0.25, 0.3) is 0 Å². The fourth-order valence-corrected chi connectivity index (χ4v) is 7.90. The first-order chi connectivity index (χ1) is 13.2. The third kappa shape index (κ3) is 5.22. The van der Waals surface area contributed by atoms with Crippen molar-refractivity contribution in [2.45, 2.75) is 0 Å². The maximum absolute atomic E-state index is 12.2. The molecule has 4 aliphatic heterocycles. The Hall–Kier alpha value is 0.520. The molecule has 0 aromatic rings. The third-order valence-corrected chi connectivity index (χ3v) is 11.2. The standard InChI is InChI=1S/C10H20N2O12P4/c13-25(17-7-18-25)3-11(4-26(14)19-8-20-26)1-2-12(5-27(15)21-9-22-27)6-28(16)23-10-24-28/h1-10H2. The Kier molecular flexibility index (Phi) is 6.38. The summed E-state index contributed by atoms with van der Waals surface area (Å²) in [6, 6.07) is 0. The molecule has 4 rings (SSSR count). The van der Waals surface area contributed by atoms with Crippen LogP contribution >= 0.6 is 30.4 Å². The molecule has 162 valence electrons. The zero-order valence-corrected chi connectivity index (χ0v) is 18.2. The Morgan fingerprint density at radius 3 is 0.821 bits per heavy atom. The van der Waals surface area contributed by atoms with Crippen molar-refractivity contribution in [2.75, 3.05) is 65.4 Å². The van der Waals surface area contributed by atoms with Crippen molar-refractivity contribution in [3.63, 3.8) is 0 Å². The molecule has 0 amide bonds. The van der Waals surface area contributed by atoms with Crippen LogP contribution in [0.2, 0.25) is 0 Å². The van der Waals surface area contributed by atoms with E-state index in [2.05, 4.69) is 0 Å². The van der Waals surface area contributed by atoms with Gasteiger partial charge < -0.3 is 0 Å². The van der Waals surface area contributed by atoms with Gasteiger partial charge in [0.05, 0.1) is 0 Å². The van der Waals surface area contributed by atoms with Gasteiger partial charge in [0, 0.05) is 13.1 Å². The molecule has 18 heteroatoms. The average molecular weight is 484 g/mol. The molecule has 0 spiro atoms. The average Bonchev–Trinajstić information content (AvgIpc) is 2.53. The van der Waals surface area contributed by atoms with Crippen LogP contribution in [0.15, 0.2) is 0 Å². The highest BCUT2D eigenvalue weighted by Gasteiger charge is 2.43. The Labute approximate surface area is 160 Å². The minimum Gasteiger partial charge on any atom is -0.280 e. The largest absolute Gasteiger partial charge is 0.348 e. The number of nitrogens with zero attached hydrogens (tertiary/aromatic N) is 2. The van der Waals surface area contributed by atoms with Gasteiger partial charge in [0.1, 0.15) is 25.1 Å². The van der Waals surface area contributed by atoms with Gasteiger partial charge in [-0.25, -0.2) is 0 Å². The lowest BCUT2D eigenvalue weighted by molar-refractivity contribution is -0.00961. The van der Waals surface area contributed by atoms with Gasteiger partial charge in [-0.1, -0.05) is 0 Å². The van der Waals surface area contributed by atoms with Crippen molar-refractivity contribution >= 4 is 30.4 Å².